The highest BCUT2D eigenvalue weighted by molar-refractivity contribution is 6.33. The van der Waals surface area contributed by atoms with E-state index in [0.717, 1.165) is 12.8 Å². The van der Waals surface area contributed by atoms with E-state index >= 15 is 0 Å². The van der Waals surface area contributed by atoms with Gasteiger partial charge in [0.1, 0.15) is 5.82 Å². The lowest BCUT2D eigenvalue weighted by Gasteiger charge is -2.39. The van der Waals surface area contributed by atoms with Crippen molar-refractivity contribution in [3.05, 3.63) is 22.8 Å². The minimum Gasteiger partial charge on any atom is -0.478 e. The van der Waals surface area contributed by atoms with Crippen molar-refractivity contribution in [2.45, 2.75) is 45.6 Å². The highest BCUT2D eigenvalue weighted by atomic mass is 35.5. The van der Waals surface area contributed by atoms with Gasteiger partial charge in [0.15, 0.2) is 0 Å². The van der Waals surface area contributed by atoms with Crippen molar-refractivity contribution < 1.29 is 9.90 Å². The zero-order valence-electron chi connectivity index (χ0n) is 12.2. The maximum absolute atomic E-state index is 10.9. The van der Waals surface area contributed by atoms with E-state index < -0.39 is 5.97 Å². The normalized spacial score (nSPS) is 18.8. The lowest BCUT2D eigenvalue weighted by Crippen LogP contribution is -2.37. The standard InChI is InChI=1S/C15H21ClN2O2/c1-15(2)6-4-11(5-7-15)18(3)13-12(16)8-10(9-17-13)14(19)20/h8-9,11H,4-7H2,1-3H3,(H,19,20). The molecule has 0 aromatic carbocycles. The average Bonchev–Trinajstić information content (AvgIpc) is 2.37. The Labute approximate surface area is 124 Å². The molecule has 0 aliphatic heterocycles. The van der Waals surface area contributed by atoms with E-state index in [1.807, 2.05) is 7.05 Å². The summed E-state index contributed by atoms with van der Waals surface area (Å²) in [6.45, 7) is 4.60. The molecule has 1 N–H and O–H groups in total. The number of anilines is 1. The van der Waals surface area contributed by atoms with Gasteiger partial charge in [0.25, 0.3) is 0 Å². The Kier molecular flexibility index (Phi) is 4.23. The molecule has 2 rings (SSSR count). The molecule has 4 nitrogen and oxygen atoms in total. The predicted molar refractivity (Wildman–Crippen MR) is 80.6 cm³/mol. The Balaban J connectivity index is 2.13. The Bertz CT molecular complexity index is 507. The first-order valence-electron chi connectivity index (χ1n) is 6.92. The summed E-state index contributed by atoms with van der Waals surface area (Å²) in [5.74, 6) is -0.339. The van der Waals surface area contributed by atoms with Crippen molar-refractivity contribution in [1.29, 1.82) is 0 Å². The van der Waals surface area contributed by atoms with Gasteiger partial charge in [0.2, 0.25) is 0 Å². The Morgan fingerprint density at radius 1 is 1.45 bits per heavy atom. The molecule has 5 heteroatoms. The molecule has 1 heterocycles. The van der Waals surface area contributed by atoms with Gasteiger partial charge in [-0.1, -0.05) is 25.4 Å². The van der Waals surface area contributed by atoms with Crippen molar-refractivity contribution in [1.82, 2.24) is 4.98 Å². The van der Waals surface area contributed by atoms with E-state index in [1.54, 1.807) is 0 Å². The molecule has 0 saturated heterocycles. The van der Waals surface area contributed by atoms with Crippen LogP contribution in [0.4, 0.5) is 5.82 Å². The number of pyridine rings is 1. The third-order valence-electron chi connectivity index (χ3n) is 4.26. The average molecular weight is 297 g/mol. The van der Waals surface area contributed by atoms with Gasteiger partial charge in [-0.2, -0.15) is 0 Å². The van der Waals surface area contributed by atoms with Crippen molar-refractivity contribution in [3.63, 3.8) is 0 Å². The summed E-state index contributed by atoms with van der Waals surface area (Å²) in [7, 11) is 1.98. The molecular weight excluding hydrogens is 276 g/mol. The van der Waals surface area contributed by atoms with Gasteiger partial charge >= 0.3 is 5.97 Å². The molecule has 1 aliphatic rings. The zero-order chi connectivity index (χ0) is 14.9. The van der Waals surface area contributed by atoms with Crippen LogP contribution >= 0.6 is 11.6 Å². The molecule has 1 aliphatic carbocycles. The number of hydrogen-bond acceptors (Lipinski definition) is 3. The molecule has 1 aromatic rings. The summed E-state index contributed by atoms with van der Waals surface area (Å²) >= 11 is 6.18. The molecule has 1 fully saturated rings. The van der Waals surface area contributed by atoms with Crippen molar-refractivity contribution >= 4 is 23.4 Å². The third-order valence-corrected chi connectivity index (χ3v) is 4.54. The summed E-state index contributed by atoms with van der Waals surface area (Å²) in [5.41, 5.74) is 0.541. The van der Waals surface area contributed by atoms with Gasteiger partial charge in [-0.3, -0.25) is 0 Å². The SMILES string of the molecule is CN(c1ncc(C(=O)O)cc1Cl)C1CCC(C)(C)CC1. The lowest BCUT2D eigenvalue weighted by atomic mass is 9.75. The topological polar surface area (TPSA) is 53.4 Å². The third kappa shape index (κ3) is 3.23. The van der Waals surface area contributed by atoms with Crippen molar-refractivity contribution in [3.8, 4) is 0 Å². The number of nitrogens with zero attached hydrogens (tertiary/aromatic N) is 2. The zero-order valence-corrected chi connectivity index (χ0v) is 12.9. The van der Waals surface area contributed by atoms with Crippen LogP contribution in [0.2, 0.25) is 5.02 Å². The molecule has 1 saturated carbocycles. The minimum atomic E-state index is -1.01. The largest absolute Gasteiger partial charge is 0.478 e. The molecule has 1 aromatic heterocycles. The van der Waals surface area contributed by atoms with E-state index in [1.165, 1.54) is 25.1 Å². The highest BCUT2D eigenvalue weighted by Gasteiger charge is 2.30. The van der Waals surface area contributed by atoms with Gasteiger partial charge in [-0.25, -0.2) is 9.78 Å². The predicted octanol–water partition coefficient (Wildman–Crippen LogP) is 3.84. The number of hydrogen-bond donors (Lipinski definition) is 1. The first-order chi connectivity index (χ1) is 9.30. The number of carboxylic acids is 1. The van der Waals surface area contributed by atoms with E-state index in [4.69, 9.17) is 16.7 Å². The molecule has 0 bridgehead atoms. The molecule has 0 atom stereocenters. The van der Waals surface area contributed by atoms with Gasteiger partial charge in [-0.15, -0.1) is 0 Å². The Morgan fingerprint density at radius 2 is 2.05 bits per heavy atom. The van der Waals surface area contributed by atoms with Crippen LogP contribution in [0.5, 0.6) is 0 Å². The number of aromatic carboxylic acids is 1. The maximum atomic E-state index is 10.9. The molecular formula is C15H21ClN2O2. The first-order valence-corrected chi connectivity index (χ1v) is 7.30. The van der Waals surface area contributed by atoms with E-state index in [0.29, 0.717) is 22.3 Å². The number of halogens is 1. The number of rotatable bonds is 3. The molecule has 20 heavy (non-hydrogen) atoms. The van der Waals surface area contributed by atoms with Crippen molar-refractivity contribution in [2.24, 2.45) is 5.41 Å². The van der Waals surface area contributed by atoms with Gasteiger partial charge in [0, 0.05) is 19.3 Å². The van der Waals surface area contributed by atoms with E-state index in [2.05, 4.69) is 23.7 Å². The molecule has 0 amide bonds. The summed E-state index contributed by atoms with van der Waals surface area (Å²) in [5, 5.41) is 9.33. The van der Waals surface area contributed by atoms with Gasteiger partial charge in [0.05, 0.1) is 10.6 Å². The van der Waals surface area contributed by atoms with Crippen LogP contribution < -0.4 is 4.90 Å². The van der Waals surface area contributed by atoms with Crippen LogP contribution in [0.1, 0.15) is 49.9 Å². The number of carboxylic acid groups (broad SMARTS) is 1. The monoisotopic (exact) mass is 296 g/mol. The fourth-order valence-corrected chi connectivity index (χ4v) is 3.05. The highest BCUT2D eigenvalue weighted by Crippen LogP contribution is 2.38. The van der Waals surface area contributed by atoms with E-state index in [9.17, 15) is 4.79 Å². The quantitative estimate of drug-likeness (QED) is 0.921. The molecule has 0 spiro atoms. The Hall–Kier alpha value is -1.29. The summed E-state index contributed by atoms with van der Waals surface area (Å²) < 4.78 is 0. The molecule has 0 unspecified atom stereocenters. The number of aromatic nitrogens is 1. The first kappa shape index (κ1) is 15.1. The van der Waals surface area contributed by atoms with Gasteiger partial charge in [-0.05, 0) is 37.2 Å². The lowest BCUT2D eigenvalue weighted by molar-refractivity contribution is 0.0696. The second kappa shape index (κ2) is 5.60. The smallest absolute Gasteiger partial charge is 0.337 e. The molecule has 0 radical (unpaired) electrons. The van der Waals surface area contributed by atoms with Crippen molar-refractivity contribution in [2.75, 3.05) is 11.9 Å². The fraction of sp³-hybridized carbons (Fsp3) is 0.600. The molecule has 110 valence electrons. The summed E-state index contributed by atoms with van der Waals surface area (Å²) in [6, 6.07) is 1.89. The summed E-state index contributed by atoms with van der Waals surface area (Å²) in [6.07, 6.45) is 5.97. The second-order valence-corrected chi connectivity index (χ2v) is 6.75. The van der Waals surface area contributed by atoms with E-state index in [-0.39, 0.29) is 5.56 Å². The van der Waals surface area contributed by atoms with Crippen LogP contribution in [0.15, 0.2) is 12.3 Å². The fourth-order valence-electron chi connectivity index (χ4n) is 2.75. The summed E-state index contributed by atoms with van der Waals surface area (Å²) in [4.78, 5) is 17.2. The van der Waals surface area contributed by atoms with Crippen LogP contribution in [0.3, 0.4) is 0 Å². The van der Waals surface area contributed by atoms with Crippen LogP contribution in [-0.2, 0) is 0 Å². The second-order valence-electron chi connectivity index (χ2n) is 6.34. The van der Waals surface area contributed by atoms with Crippen LogP contribution in [0, 0.1) is 5.41 Å². The van der Waals surface area contributed by atoms with Crippen LogP contribution in [-0.4, -0.2) is 29.1 Å². The van der Waals surface area contributed by atoms with Crippen LogP contribution in [0.25, 0.3) is 0 Å². The van der Waals surface area contributed by atoms with Gasteiger partial charge < -0.3 is 10.0 Å². The Morgan fingerprint density at radius 3 is 2.55 bits per heavy atom. The minimum absolute atomic E-state index is 0.122. The number of carbonyl (C=O) groups is 1. The maximum Gasteiger partial charge on any atom is 0.337 e.